The van der Waals surface area contributed by atoms with Gasteiger partial charge in [-0.1, -0.05) is 29.8 Å². The van der Waals surface area contributed by atoms with E-state index in [0.29, 0.717) is 5.15 Å². The monoisotopic (exact) mass is 249 g/mol. The van der Waals surface area contributed by atoms with Crippen LogP contribution in [0.25, 0.3) is 0 Å². The first-order chi connectivity index (χ1) is 8.09. The van der Waals surface area contributed by atoms with E-state index in [1.54, 1.807) is 4.68 Å². The van der Waals surface area contributed by atoms with Gasteiger partial charge in [0.1, 0.15) is 5.15 Å². The Balaban J connectivity index is 2.22. The van der Waals surface area contributed by atoms with Gasteiger partial charge in [-0.2, -0.15) is 5.10 Å². The molecule has 17 heavy (non-hydrogen) atoms. The molecule has 90 valence electrons. The second-order valence-corrected chi connectivity index (χ2v) is 4.53. The van der Waals surface area contributed by atoms with Crippen LogP contribution in [0.1, 0.15) is 11.3 Å². The zero-order valence-electron chi connectivity index (χ0n) is 10.3. The summed E-state index contributed by atoms with van der Waals surface area (Å²) in [6.45, 7) is 2.75. The molecular formula is C13H16ClN3. The van der Waals surface area contributed by atoms with Gasteiger partial charge in [-0.3, -0.25) is 4.68 Å². The van der Waals surface area contributed by atoms with E-state index in [0.717, 1.165) is 17.8 Å². The molecule has 1 heterocycles. The second-order valence-electron chi connectivity index (χ2n) is 4.17. The van der Waals surface area contributed by atoms with Gasteiger partial charge >= 0.3 is 0 Å². The molecule has 0 aliphatic carbocycles. The second kappa shape index (κ2) is 4.80. The van der Waals surface area contributed by atoms with Crippen molar-refractivity contribution in [2.24, 2.45) is 7.05 Å². The SMILES string of the molecule is Cc1nn(C)c(Cl)c1CN(C)c1ccccc1. The molecule has 0 unspecified atom stereocenters. The van der Waals surface area contributed by atoms with Gasteiger partial charge < -0.3 is 4.90 Å². The maximum Gasteiger partial charge on any atom is 0.131 e. The van der Waals surface area contributed by atoms with Crippen LogP contribution in [0.3, 0.4) is 0 Å². The summed E-state index contributed by atoms with van der Waals surface area (Å²) < 4.78 is 1.71. The van der Waals surface area contributed by atoms with E-state index in [9.17, 15) is 0 Å². The van der Waals surface area contributed by atoms with E-state index in [4.69, 9.17) is 11.6 Å². The standard InChI is InChI=1S/C13H16ClN3/c1-10-12(13(14)17(3)15-10)9-16(2)11-7-5-4-6-8-11/h4-8H,9H2,1-3H3. The first kappa shape index (κ1) is 12.0. The normalized spacial score (nSPS) is 10.6. The van der Waals surface area contributed by atoms with Crippen LogP contribution in [0.2, 0.25) is 5.15 Å². The Kier molecular flexibility index (Phi) is 3.38. The third-order valence-corrected chi connectivity index (χ3v) is 3.33. The molecule has 0 aliphatic heterocycles. The summed E-state index contributed by atoms with van der Waals surface area (Å²) in [5, 5.41) is 5.03. The summed E-state index contributed by atoms with van der Waals surface area (Å²) >= 11 is 6.22. The van der Waals surface area contributed by atoms with Crippen molar-refractivity contribution in [1.29, 1.82) is 0 Å². The molecule has 2 aromatic rings. The van der Waals surface area contributed by atoms with Gasteiger partial charge in [-0.25, -0.2) is 0 Å². The topological polar surface area (TPSA) is 21.1 Å². The Morgan fingerprint density at radius 1 is 1.29 bits per heavy atom. The molecule has 0 bridgehead atoms. The van der Waals surface area contributed by atoms with Crippen molar-refractivity contribution in [2.45, 2.75) is 13.5 Å². The predicted molar refractivity (Wildman–Crippen MR) is 71.5 cm³/mol. The van der Waals surface area contributed by atoms with Crippen molar-refractivity contribution in [1.82, 2.24) is 9.78 Å². The minimum absolute atomic E-state index is 0.713. The summed E-state index contributed by atoms with van der Waals surface area (Å²) in [6, 6.07) is 10.2. The number of aryl methyl sites for hydroxylation is 2. The molecule has 0 fully saturated rings. The van der Waals surface area contributed by atoms with Gasteiger partial charge in [0.25, 0.3) is 0 Å². The van der Waals surface area contributed by atoms with Gasteiger partial charge in [0.05, 0.1) is 5.69 Å². The lowest BCUT2D eigenvalue weighted by Crippen LogP contribution is -2.16. The fourth-order valence-electron chi connectivity index (χ4n) is 1.86. The molecule has 4 heteroatoms. The summed E-state index contributed by atoms with van der Waals surface area (Å²) in [7, 11) is 3.92. The summed E-state index contributed by atoms with van der Waals surface area (Å²) in [6.07, 6.45) is 0. The van der Waals surface area contributed by atoms with Crippen molar-refractivity contribution in [3.63, 3.8) is 0 Å². The van der Waals surface area contributed by atoms with E-state index in [2.05, 4.69) is 29.2 Å². The third-order valence-electron chi connectivity index (χ3n) is 2.86. The van der Waals surface area contributed by atoms with Crippen LogP contribution < -0.4 is 4.90 Å². The smallest absolute Gasteiger partial charge is 0.131 e. The Morgan fingerprint density at radius 3 is 2.47 bits per heavy atom. The van der Waals surface area contributed by atoms with Gasteiger partial charge in [0.15, 0.2) is 0 Å². The van der Waals surface area contributed by atoms with E-state index >= 15 is 0 Å². The van der Waals surface area contributed by atoms with Crippen LogP contribution in [-0.4, -0.2) is 16.8 Å². The van der Waals surface area contributed by atoms with E-state index < -0.39 is 0 Å². The number of halogens is 1. The fourth-order valence-corrected chi connectivity index (χ4v) is 2.10. The van der Waals surface area contributed by atoms with E-state index in [-0.39, 0.29) is 0 Å². The first-order valence-corrected chi connectivity index (χ1v) is 5.91. The summed E-state index contributed by atoms with van der Waals surface area (Å²) in [4.78, 5) is 2.16. The van der Waals surface area contributed by atoms with Crippen molar-refractivity contribution < 1.29 is 0 Å². The molecule has 0 N–H and O–H groups in total. The summed E-state index contributed by atoms with van der Waals surface area (Å²) in [5.74, 6) is 0. The highest BCUT2D eigenvalue weighted by atomic mass is 35.5. The van der Waals surface area contributed by atoms with Crippen molar-refractivity contribution in [3.05, 3.63) is 46.7 Å². The zero-order valence-corrected chi connectivity index (χ0v) is 11.1. The van der Waals surface area contributed by atoms with Gasteiger partial charge in [0.2, 0.25) is 0 Å². The highest BCUT2D eigenvalue weighted by Crippen LogP contribution is 2.22. The zero-order chi connectivity index (χ0) is 12.4. The van der Waals surface area contributed by atoms with Crippen molar-refractivity contribution in [3.8, 4) is 0 Å². The number of hydrogen-bond donors (Lipinski definition) is 0. The van der Waals surface area contributed by atoms with Gasteiger partial charge in [-0.15, -0.1) is 0 Å². The molecule has 1 aromatic carbocycles. The highest BCUT2D eigenvalue weighted by molar-refractivity contribution is 6.30. The number of para-hydroxylation sites is 1. The number of rotatable bonds is 3. The van der Waals surface area contributed by atoms with Gasteiger partial charge in [-0.05, 0) is 19.1 Å². The van der Waals surface area contributed by atoms with Crippen LogP contribution in [0.15, 0.2) is 30.3 Å². The first-order valence-electron chi connectivity index (χ1n) is 5.53. The lowest BCUT2D eigenvalue weighted by molar-refractivity contribution is 0.757. The number of hydrogen-bond acceptors (Lipinski definition) is 2. The highest BCUT2D eigenvalue weighted by Gasteiger charge is 2.13. The molecule has 1 aromatic heterocycles. The van der Waals surface area contributed by atoms with Crippen LogP contribution in [0.5, 0.6) is 0 Å². The molecular weight excluding hydrogens is 234 g/mol. The van der Waals surface area contributed by atoms with Crippen molar-refractivity contribution >= 4 is 17.3 Å². The Morgan fingerprint density at radius 2 is 1.94 bits per heavy atom. The lowest BCUT2D eigenvalue weighted by atomic mass is 10.2. The summed E-state index contributed by atoms with van der Waals surface area (Å²) in [5.41, 5.74) is 3.24. The van der Waals surface area contributed by atoms with Gasteiger partial charge in [0, 0.05) is 31.9 Å². The molecule has 0 saturated heterocycles. The average molecular weight is 250 g/mol. The van der Waals surface area contributed by atoms with Crippen LogP contribution >= 0.6 is 11.6 Å². The minimum Gasteiger partial charge on any atom is -0.370 e. The molecule has 0 aliphatic rings. The Bertz CT molecular complexity index is 505. The number of nitrogens with zero attached hydrogens (tertiary/aromatic N) is 3. The number of aromatic nitrogens is 2. The molecule has 0 spiro atoms. The van der Waals surface area contributed by atoms with E-state index in [1.807, 2.05) is 32.2 Å². The molecule has 0 amide bonds. The molecule has 0 radical (unpaired) electrons. The number of anilines is 1. The predicted octanol–water partition coefficient (Wildman–Crippen LogP) is 3.02. The Hall–Kier alpha value is -1.48. The third kappa shape index (κ3) is 2.44. The quantitative estimate of drug-likeness (QED) is 0.834. The van der Waals surface area contributed by atoms with Crippen LogP contribution in [0.4, 0.5) is 5.69 Å². The molecule has 3 nitrogen and oxygen atoms in total. The minimum atomic E-state index is 0.713. The maximum atomic E-state index is 6.22. The van der Waals surface area contributed by atoms with Crippen LogP contribution in [-0.2, 0) is 13.6 Å². The maximum absolute atomic E-state index is 6.22. The fraction of sp³-hybridized carbons (Fsp3) is 0.308. The molecule has 0 saturated carbocycles. The van der Waals surface area contributed by atoms with Crippen molar-refractivity contribution in [2.75, 3.05) is 11.9 Å². The van der Waals surface area contributed by atoms with E-state index in [1.165, 1.54) is 5.69 Å². The molecule has 0 atom stereocenters. The largest absolute Gasteiger partial charge is 0.370 e. The van der Waals surface area contributed by atoms with Crippen LogP contribution in [0, 0.1) is 6.92 Å². The number of benzene rings is 1. The molecule has 2 rings (SSSR count). The lowest BCUT2D eigenvalue weighted by Gasteiger charge is -2.19. The average Bonchev–Trinajstić information content (AvgIpc) is 2.57. The Labute approximate surface area is 107 Å².